The number of benzene rings is 2. The molecule has 1 heterocycles. The maximum absolute atomic E-state index is 6.04. The van der Waals surface area contributed by atoms with E-state index in [0.29, 0.717) is 5.92 Å². The number of rotatable bonds is 8. The van der Waals surface area contributed by atoms with Crippen molar-refractivity contribution in [2.24, 2.45) is 0 Å². The van der Waals surface area contributed by atoms with Gasteiger partial charge >= 0.3 is 0 Å². The molecular weight excluding hydrogens is 342 g/mol. The SMILES string of the molecule is CCC[C@H](CCCc1ccnc2ccc(OC)cc12)c1ccc(Cl)cc1. The van der Waals surface area contributed by atoms with Crippen LogP contribution in [0.3, 0.4) is 0 Å². The molecule has 136 valence electrons. The molecule has 0 radical (unpaired) electrons. The van der Waals surface area contributed by atoms with Crippen molar-refractivity contribution in [2.45, 2.75) is 44.9 Å². The van der Waals surface area contributed by atoms with Crippen LogP contribution < -0.4 is 4.74 Å². The van der Waals surface area contributed by atoms with E-state index in [2.05, 4.69) is 36.2 Å². The number of aromatic nitrogens is 1. The molecule has 0 unspecified atom stereocenters. The Morgan fingerprint density at radius 2 is 1.85 bits per heavy atom. The minimum atomic E-state index is 0.597. The topological polar surface area (TPSA) is 22.1 Å². The number of hydrogen-bond acceptors (Lipinski definition) is 2. The lowest BCUT2D eigenvalue weighted by Crippen LogP contribution is -2.00. The minimum absolute atomic E-state index is 0.597. The van der Waals surface area contributed by atoms with Gasteiger partial charge in [0.1, 0.15) is 5.75 Å². The molecule has 0 aliphatic heterocycles. The Labute approximate surface area is 161 Å². The molecule has 2 nitrogen and oxygen atoms in total. The summed E-state index contributed by atoms with van der Waals surface area (Å²) in [7, 11) is 1.71. The highest BCUT2D eigenvalue weighted by molar-refractivity contribution is 6.30. The van der Waals surface area contributed by atoms with E-state index in [1.54, 1.807) is 7.11 Å². The van der Waals surface area contributed by atoms with Crippen molar-refractivity contribution in [3.05, 3.63) is 70.9 Å². The number of fused-ring (bicyclic) bond motifs is 1. The van der Waals surface area contributed by atoms with Crippen molar-refractivity contribution in [3.8, 4) is 5.75 Å². The third-order valence-electron chi connectivity index (χ3n) is 5.02. The van der Waals surface area contributed by atoms with Gasteiger partial charge in [0.05, 0.1) is 12.6 Å². The lowest BCUT2D eigenvalue weighted by molar-refractivity contribution is 0.415. The van der Waals surface area contributed by atoms with E-state index in [-0.39, 0.29) is 0 Å². The second kappa shape index (κ2) is 9.05. The summed E-state index contributed by atoms with van der Waals surface area (Å²) in [5.41, 5.74) is 3.78. The molecule has 0 fully saturated rings. The first-order valence-corrected chi connectivity index (χ1v) is 9.76. The summed E-state index contributed by atoms with van der Waals surface area (Å²) in [5.74, 6) is 1.48. The van der Waals surface area contributed by atoms with Gasteiger partial charge in [0.2, 0.25) is 0 Å². The first-order chi connectivity index (χ1) is 12.7. The molecule has 0 saturated heterocycles. The molecular formula is C23H26ClNO. The molecule has 0 aliphatic carbocycles. The highest BCUT2D eigenvalue weighted by Gasteiger charge is 2.11. The molecule has 0 aliphatic rings. The van der Waals surface area contributed by atoms with Crippen molar-refractivity contribution in [1.82, 2.24) is 4.98 Å². The van der Waals surface area contributed by atoms with E-state index in [0.717, 1.165) is 29.1 Å². The van der Waals surface area contributed by atoms with Crippen LogP contribution in [-0.4, -0.2) is 12.1 Å². The summed E-state index contributed by atoms with van der Waals surface area (Å²) < 4.78 is 5.38. The molecule has 3 rings (SSSR count). The standard InChI is InChI=1S/C23H26ClNO/c1-3-5-17(18-8-10-20(24)11-9-18)6-4-7-19-14-15-25-23-13-12-21(26-2)16-22(19)23/h8-17H,3-7H2,1-2H3/t17-/m1/s1. The fraction of sp³-hybridized carbons (Fsp3) is 0.348. The number of nitrogens with zero attached hydrogens (tertiary/aromatic N) is 1. The highest BCUT2D eigenvalue weighted by Crippen LogP contribution is 2.29. The average molecular weight is 368 g/mol. The number of halogens is 1. The van der Waals surface area contributed by atoms with E-state index in [1.165, 1.54) is 35.8 Å². The lowest BCUT2D eigenvalue weighted by Gasteiger charge is -2.17. The van der Waals surface area contributed by atoms with Crippen LogP contribution in [0, 0.1) is 0 Å². The summed E-state index contributed by atoms with van der Waals surface area (Å²) in [6.07, 6.45) is 7.72. The smallest absolute Gasteiger partial charge is 0.119 e. The van der Waals surface area contributed by atoms with E-state index in [1.807, 2.05) is 30.5 Å². The van der Waals surface area contributed by atoms with E-state index >= 15 is 0 Å². The van der Waals surface area contributed by atoms with Gasteiger partial charge < -0.3 is 4.74 Å². The summed E-state index contributed by atoms with van der Waals surface area (Å²) in [6, 6.07) is 16.6. The number of hydrogen-bond donors (Lipinski definition) is 0. The summed E-state index contributed by atoms with van der Waals surface area (Å²) in [6.45, 7) is 2.26. The predicted octanol–water partition coefficient (Wildman–Crippen LogP) is 6.80. The first-order valence-electron chi connectivity index (χ1n) is 9.38. The van der Waals surface area contributed by atoms with Crippen molar-refractivity contribution in [3.63, 3.8) is 0 Å². The van der Waals surface area contributed by atoms with E-state index in [9.17, 15) is 0 Å². The van der Waals surface area contributed by atoms with Crippen LogP contribution in [-0.2, 0) is 6.42 Å². The quantitative estimate of drug-likeness (QED) is 0.436. The van der Waals surface area contributed by atoms with Gasteiger partial charge in [0, 0.05) is 16.6 Å². The predicted molar refractivity (Wildman–Crippen MR) is 110 cm³/mol. The molecule has 2 aromatic carbocycles. The number of aryl methyl sites for hydroxylation is 1. The van der Waals surface area contributed by atoms with Crippen molar-refractivity contribution in [1.29, 1.82) is 0 Å². The molecule has 0 amide bonds. The Balaban J connectivity index is 1.71. The van der Waals surface area contributed by atoms with E-state index < -0.39 is 0 Å². The zero-order valence-corrected chi connectivity index (χ0v) is 16.3. The Hall–Kier alpha value is -2.06. The van der Waals surface area contributed by atoms with Gasteiger partial charge in [-0.25, -0.2) is 0 Å². The maximum atomic E-state index is 6.04. The Morgan fingerprint density at radius 1 is 1.04 bits per heavy atom. The lowest BCUT2D eigenvalue weighted by atomic mass is 9.89. The van der Waals surface area contributed by atoms with Crippen LogP contribution in [0.2, 0.25) is 5.02 Å². The fourth-order valence-corrected chi connectivity index (χ4v) is 3.75. The monoisotopic (exact) mass is 367 g/mol. The fourth-order valence-electron chi connectivity index (χ4n) is 3.63. The largest absolute Gasteiger partial charge is 0.497 e. The van der Waals surface area contributed by atoms with Gasteiger partial charge in [0.25, 0.3) is 0 Å². The second-order valence-electron chi connectivity index (χ2n) is 6.78. The third-order valence-corrected chi connectivity index (χ3v) is 5.27. The van der Waals surface area contributed by atoms with Crippen LogP contribution in [0.25, 0.3) is 10.9 Å². The van der Waals surface area contributed by atoms with Crippen LogP contribution in [0.5, 0.6) is 5.75 Å². The van der Waals surface area contributed by atoms with Crippen LogP contribution >= 0.6 is 11.6 Å². The normalized spacial score (nSPS) is 12.3. The van der Waals surface area contributed by atoms with E-state index in [4.69, 9.17) is 16.3 Å². The number of methoxy groups -OCH3 is 1. The van der Waals surface area contributed by atoms with Crippen molar-refractivity contribution in [2.75, 3.05) is 7.11 Å². The van der Waals surface area contributed by atoms with Gasteiger partial charge in [-0.2, -0.15) is 0 Å². The van der Waals surface area contributed by atoms with Gasteiger partial charge in [-0.05, 0) is 79.1 Å². The molecule has 3 aromatic rings. The minimum Gasteiger partial charge on any atom is -0.497 e. The summed E-state index contributed by atoms with van der Waals surface area (Å²) >= 11 is 6.04. The Bertz CT molecular complexity index is 844. The molecule has 0 bridgehead atoms. The van der Waals surface area contributed by atoms with Gasteiger partial charge in [0.15, 0.2) is 0 Å². The second-order valence-corrected chi connectivity index (χ2v) is 7.22. The van der Waals surface area contributed by atoms with Crippen LogP contribution in [0.4, 0.5) is 0 Å². The summed E-state index contributed by atoms with van der Waals surface area (Å²) in [5, 5.41) is 2.01. The van der Waals surface area contributed by atoms with Crippen molar-refractivity contribution < 1.29 is 4.74 Å². The first kappa shape index (κ1) is 18.7. The zero-order valence-electron chi connectivity index (χ0n) is 15.5. The third kappa shape index (κ3) is 4.56. The molecule has 1 aromatic heterocycles. The van der Waals surface area contributed by atoms with Gasteiger partial charge in [-0.15, -0.1) is 0 Å². The van der Waals surface area contributed by atoms with Crippen molar-refractivity contribution >= 4 is 22.5 Å². The van der Waals surface area contributed by atoms with Crippen LogP contribution in [0.1, 0.15) is 49.7 Å². The number of pyridine rings is 1. The van der Waals surface area contributed by atoms with Gasteiger partial charge in [-0.3, -0.25) is 4.98 Å². The molecule has 0 saturated carbocycles. The highest BCUT2D eigenvalue weighted by atomic mass is 35.5. The Kier molecular flexibility index (Phi) is 6.51. The zero-order chi connectivity index (χ0) is 18.4. The molecule has 0 spiro atoms. The van der Waals surface area contributed by atoms with Crippen LogP contribution in [0.15, 0.2) is 54.7 Å². The Morgan fingerprint density at radius 3 is 2.58 bits per heavy atom. The maximum Gasteiger partial charge on any atom is 0.119 e. The molecule has 3 heteroatoms. The van der Waals surface area contributed by atoms with Gasteiger partial charge in [-0.1, -0.05) is 37.1 Å². The molecule has 26 heavy (non-hydrogen) atoms. The average Bonchev–Trinajstić information content (AvgIpc) is 2.68. The molecule has 0 N–H and O–H groups in total. The molecule has 1 atom stereocenters. The number of ether oxygens (including phenoxy) is 1. The summed E-state index contributed by atoms with van der Waals surface area (Å²) in [4.78, 5) is 4.48.